The highest BCUT2D eigenvalue weighted by atomic mass is 16.5. The zero-order valence-electron chi connectivity index (χ0n) is 22.2. The van der Waals surface area contributed by atoms with Gasteiger partial charge in [-0.25, -0.2) is 4.98 Å². The molecular formula is C31H28N4O5. The molecule has 0 unspecified atom stereocenters. The highest BCUT2D eigenvalue weighted by Gasteiger charge is 2.22. The van der Waals surface area contributed by atoms with E-state index in [0.29, 0.717) is 23.2 Å². The van der Waals surface area contributed by atoms with Crippen LogP contribution in [0.1, 0.15) is 5.82 Å². The number of anilines is 2. The van der Waals surface area contributed by atoms with E-state index in [1.54, 1.807) is 19.2 Å². The summed E-state index contributed by atoms with van der Waals surface area (Å²) in [4.78, 5) is 26.4. The van der Waals surface area contributed by atoms with Crippen LogP contribution in [0.25, 0.3) is 22.3 Å². The third-order valence-electron chi connectivity index (χ3n) is 6.89. The van der Waals surface area contributed by atoms with Crippen LogP contribution in [0.5, 0.6) is 23.1 Å². The Morgan fingerprint density at radius 2 is 1.60 bits per heavy atom. The number of aromatic nitrogens is 2. The number of aryl methyl sites for hydroxylation is 1. The van der Waals surface area contributed by atoms with E-state index in [2.05, 4.69) is 25.8 Å². The van der Waals surface area contributed by atoms with Crippen molar-refractivity contribution in [3.05, 3.63) is 94.9 Å². The smallest absolute Gasteiger partial charge is 0.224 e. The van der Waals surface area contributed by atoms with E-state index in [9.17, 15) is 9.90 Å². The molecule has 0 saturated carbocycles. The molecule has 9 heteroatoms. The number of piperazine rings is 1. The van der Waals surface area contributed by atoms with Gasteiger partial charge < -0.3 is 28.8 Å². The van der Waals surface area contributed by atoms with Crippen LogP contribution in [0, 0.1) is 6.92 Å². The predicted molar refractivity (Wildman–Crippen MR) is 154 cm³/mol. The SMILES string of the molecule is COc1ccccc1N1CCN(c2cc(Oc3cc(O)c4c(=O)cc(-c5ccccc5)oc4c3)nc(C)n2)CC1. The van der Waals surface area contributed by atoms with Crippen molar-refractivity contribution in [1.82, 2.24) is 9.97 Å². The fourth-order valence-corrected chi connectivity index (χ4v) is 4.97. The van der Waals surface area contributed by atoms with E-state index in [-0.39, 0.29) is 22.1 Å². The lowest BCUT2D eigenvalue weighted by atomic mass is 10.1. The van der Waals surface area contributed by atoms with Gasteiger partial charge in [0.15, 0.2) is 5.43 Å². The molecule has 1 saturated heterocycles. The fraction of sp³-hybridized carbons (Fsp3) is 0.194. The minimum Gasteiger partial charge on any atom is -0.507 e. The number of aromatic hydroxyl groups is 1. The topological polar surface area (TPSA) is 101 Å². The molecule has 6 rings (SSSR count). The molecule has 202 valence electrons. The molecule has 1 aliphatic rings. The number of rotatable bonds is 6. The Morgan fingerprint density at radius 3 is 2.38 bits per heavy atom. The highest BCUT2D eigenvalue weighted by Crippen LogP contribution is 2.34. The molecule has 5 aromatic rings. The minimum absolute atomic E-state index is 0.0968. The van der Waals surface area contributed by atoms with Crippen LogP contribution in [0.15, 0.2) is 88.1 Å². The fourth-order valence-electron chi connectivity index (χ4n) is 4.97. The first kappa shape index (κ1) is 25.2. The van der Waals surface area contributed by atoms with Crippen LogP contribution in [-0.4, -0.2) is 48.4 Å². The van der Waals surface area contributed by atoms with Crippen molar-refractivity contribution in [2.45, 2.75) is 6.92 Å². The Hall–Kier alpha value is -5.05. The van der Waals surface area contributed by atoms with Crippen LogP contribution >= 0.6 is 0 Å². The average Bonchev–Trinajstić information content (AvgIpc) is 2.97. The zero-order valence-corrected chi connectivity index (χ0v) is 22.2. The molecule has 9 nitrogen and oxygen atoms in total. The van der Waals surface area contributed by atoms with Crippen molar-refractivity contribution in [3.8, 4) is 34.5 Å². The molecule has 40 heavy (non-hydrogen) atoms. The van der Waals surface area contributed by atoms with Gasteiger partial charge in [0.1, 0.15) is 45.6 Å². The predicted octanol–water partition coefficient (Wildman–Crippen LogP) is 5.39. The molecule has 3 aromatic carbocycles. The molecule has 0 atom stereocenters. The summed E-state index contributed by atoms with van der Waals surface area (Å²) in [6, 6.07) is 23.5. The highest BCUT2D eigenvalue weighted by molar-refractivity contribution is 5.86. The van der Waals surface area contributed by atoms with Gasteiger partial charge in [0.05, 0.1) is 12.8 Å². The number of hydrogen-bond donors (Lipinski definition) is 1. The lowest BCUT2D eigenvalue weighted by Gasteiger charge is -2.37. The van der Waals surface area contributed by atoms with E-state index < -0.39 is 0 Å². The molecule has 1 fully saturated rings. The minimum atomic E-state index is -0.336. The van der Waals surface area contributed by atoms with Gasteiger partial charge in [-0.3, -0.25) is 4.79 Å². The van der Waals surface area contributed by atoms with Crippen molar-refractivity contribution in [3.63, 3.8) is 0 Å². The molecule has 0 spiro atoms. The van der Waals surface area contributed by atoms with Crippen LogP contribution in [0.4, 0.5) is 11.5 Å². The van der Waals surface area contributed by atoms with E-state index in [1.807, 2.05) is 55.5 Å². The molecule has 3 heterocycles. The summed E-state index contributed by atoms with van der Waals surface area (Å²) in [5, 5.41) is 10.7. The second kappa shape index (κ2) is 10.6. The standard InChI is InChI=1S/C31H28N4O5/c1-20-32-29(35-14-12-34(13-15-35)23-10-6-7-11-26(23)38-2)19-30(33-20)39-22-16-24(36)31-25(37)18-27(40-28(31)17-22)21-8-4-3-5-9-21/h3-11,16-19,36H,12-15H2,1-2H3. The summed E-state index contributed by atoms with van der Waals surface area (Å²) in [5.41, 5.74) is 1.72. The number of para-hydroxylation sites is 2. The average molecular weight is 537 g/mol. The molecule has 2 aromatic heterocycles. The molecule has 0 radical (unpaired) electrons. The molecule has 1 aliphatic heterocycles. The summed E-state index contributed by atoms with van der Waals surface area (Å²) >= 11 is 0. The Balaban J connectivity index is 1.24. The number of nitrogens with zero attached hydrogens (tertiary/aromatic N) is 4. The van der Waals surface area contributed by atoms with Gasteiger partial charge in [-0.1, -0.05) is 42.5 Å². The summed E-state index contributed by atoms with van der Waals surface area (Å²) in [6.45, 7) is 4.95. The van der Waals surface area contributed by atoms with Gasteiger partial charge in [-0.15, -0.1) is 0 Å². The lowest BCUT2D eigenvalue weighted by Crippen LogP contribution is -2.47. The number of hydrogen-bond acceptors (Lipinski definition) is 9. The van der Waals surface area contributed by atoms with Crippen LogP contribution < -0.4 is 24.7 Å². The van der Waals surface area contributed by atoms with Gasteiger partial charge in [0.2, 0.25) is 5.88 Å². The molecule has 1 N–H and O–H groups in total. The van der Waals surface area contributed by atoms with Crippen molar-refractivity contribution in [1.29, 1.82) is 0 Å². The Bertz CT molecular complexity index is 1730. The van der Waals surface area contributed by atoms with Gasteiger partial charge in [-0.05, 0) is 19.1 Å². The van der Waals surface area contributed by atoms with Crippen molar-refractivity contribution in [2.75, 3.05) is 43.1 Å². The number of benzene rings is 3. The van der Waals surface area contributed by atoms with Crippen LogP contribution in [0.3, 0.4) is 0 Å². The first-order valence-electron chi connectivity index (χ1n) is 13.0. The summed E-state index contributed by atoms with van der Waals surface area (Å²) in [7, 11) is 1.69. The van der Waals surface area contributed by atoms with E-state index >= 15 is 0 Å². The Labute approximate surface area is 230 Å². The maximum absolute atomic E-state index is 12.8. The number of fused-ring (bicyclic) bond motifs is 1. The summed E-state index contributed by atoms with van der Waals surface area (Å²) in [6.07, 6.45) is 0. The van der Waals surface area contributed by atoms with E-state index in [0.717, 1.165) is 49.0 Å². The van der Waals surface area contributed by atoms with Gasteiger partial charge in [0.25, 0.3) is 0 Å². The molecule has 0 bridgehead atoms. The number of methoxy groups -OCH3 is 1. The lowest BCUT2D eigenvalue weighted by molar-refractivity contribution is 0.413. The van der Waals surface area contributed by atoms with Crippen LogP contribution in [0.2, 0.25) is 0 Å². The first-order valence-corrected chi connectivity index (χ1v) is 13.0. The maximum Gasteiger partial charge on any atom is 0.224 e. The first-order chi connectivity index (χ1) is 19.5. The number of phenols is 1. The Morgan fingerprint density at radius 1 is 0.875 bits per heavy atom. The van der Waals surface area contributed by atoms with Crippen molar-refractivity contribution < 1.29 is 19.0 Å². The van der Waals surface area contributed by atoms with Crippen molar-refractivity contribution >= 4 is 22.5 Å². The number of ether oxygens (including phenoxy) is 2. The largest absolute Gasteiger partial charge is 0.507 e. The second-order valence-electron chi connectivity index (χ2n) is 9.52. The quantitative estimate of drug-likeness (QED) is 0.306. The zero-order chi connectivity index (χ0) is 27.6. The number of phenolic OH excluding ortho intramolecular Hbond substituents is 1. The summed E-state index contributed by atoms with van der Waals surface area (Å²) < 4.78 is 17.6. The molecule has 0 amide bonds. The molecular weight excluding hydrogens is 508 g/mol. The van der Waals surface area contributed by atoms with E-state index in [4.69, 9.17) is 13.9 Å². The third kappa shape index (κ3) is 5.01. The van der Waals surface area contributed by atoms with Crippen molar-refractivity contribution in [2.24, 2.45) is 0 Å². The Kier molecular flexibility index (Phi) is 6.69. The maximum atomic E-state index is 12.8. The van der Waals surface area contributed by atoms with Crippen LogP contribution in [-0.2, 0) is 0 Å². The second-order valence-corrected chi connectivity index (χ2v) is 9.52. The van der Waals surface area contributed by atoms with E-state index in [1.165, 1.54) is 12.1 Å². The third-order valence-corrected chi connectivity index (χ3v) is 6.89. The van der Waals surface area contributed by atoms with Gasteiger partial charge in [0, 0.05) is 56.0 Å². The summed E-state index contributed by atoms with van der Waals surface area (Å²) in [5.74, 6) is 2.97. The monoisotopic (exact) mass is 536 g/mol. The van der Waals surface area contributed by atoms with Gasteiger partial charge >= 0.3 is 0 Å². The normalized spacial score (nSPS) is 13.4. The molecule has 0 aliphatic carbocycles. The van der Waals surface area contributed by atoms with Gasteiger partial charge in [-0.2, -0.15) is 4.98 Å².